The first-order valence-electron chi connectivity index (χ1n) is 5.44. The van der Waals surface area contributed by atoms with Gasteiger partial charge in [-0.25, -0.2) is 0 Å². The molecule has 0 radical (unpaired) electrons. The predicted molar refractivity (Wildman–Crippen MR) is 61.5 cm³/mol. The van der Waals surface area contributed by atoms with Crippen LogP contribution in [0.1, 0.15) is 40.5 Å². The molecule has 0 aromatic heterocycles. The quantitative estimate of drug-likeness (QED) is 0.708. The summed E-state index contributed by atoms with van der Waals surface area (Å²) in [6.45, 7) is 7.84. The van der Waals surface area contributed by atoms with Crippen LogP contribution in [0.5, 0.6) is 0 Å². The van der Waals surface area contributed by atoms with E-state index >= 15 is 0 Å². The first-order valence-corrected chi connectivity index (χ1v) is 5.44. The summed E-state index contributed by atoms with van der Waals surface area (Å²) < 4.78 is 0. The lowest BCUT2D eigenvalue weighted by atomic mass is 9.70. The molecule has 1 N–H and O–H groups in total. The van der Waals surface area contributed by atoms with E-state index in [1.165, 1.54) is 0 Å². The predicted octanol–water partition coefficient (Wildman–Crippen LogP) is 2.63. The van der Waals surface area contributed by atoms with Crippen LogP contribution in [0.15, 0.2) is 23.3 Å². The van der Waals surface area contributed by atoms with Gasteiger partial charge >= 0.3 is 0 Å². The molecule has 0 amide bonds. The van der Waals surface area contributed by atoms with Gasteiger partial charge in [-0.1, -0.05) is 25.5 Å². The Morgan fingerprint density at radius 1 is 1.53 bits per heavy atom. The van der Waals surface area contributed by atoms with Crippen molar-refractivity contribution in [1.29, 1.82) is 0 Å². The Kier molecular flexibility index (Phi) is 3.50. The SMILES string of the molecule is C/C=C/C(=O)C1=C(C)C[C@@H](O)CC1(C)C. The zero-order valence-corrected chi connectivity index (χ0v) is 10.0. The summed E-state index contributed by atoms with van der Waals surface area (Å²) in [5.41, 5.74) is 1.70. The molecule has 0 saturated heterocycles. The Morgan fingerprint density at radius 2 is 2.13 bits per heavy atom. The van der Waals surface area contributed by atoms with E-state index in [1.807, 2.05) is 27.7 Å². The maximum atomic E-state index is 11.9. The van der Waals surface area contributed by atoms with Crippen LogP contribution in [0, 0.1) is 5.41 Å². The van der Waals surface area contributed by atoms with Crippen LogP contribution in [-0.4, -0.2) is 17.0 Å². The molecule has 1 atom stereocenters. The maximum Gasteiger partial charge on any atom is 0.181 e. The Morgan fingerprint density at radius 3 is 2.60 bits per heavy atom. The van der Waals surface area contributed by atoms with Gasteiger partial charge in [-0.05, 0) is 38.2 Å². The van der Waals surface area contributed by atoms with Crippen molar-refractivity contribution in [2.24, 2.45) is 5.41 Å². The Labute approximate surface area is 91.7 Å². The molecule has 2 heteroatoms. The van der Waals surface area contributed by atoms with Crippen molar-refractivity contribution in [1.82, 2.24) is 0 Å². The van der Waals surface area contributed by atoms with Gasteiger partial charge in [0.1, 0.15) is 0 Å². The van der Waals surface area contributed by atoms with E-state index < -0.39 is 0 Å². The third-order valence-electron chi connectivity index (χ3n) is 2.96. The summed E-state index contributed by atoms with van der Waals surface area (Å²) in [4.78, 5) is 11.9. The molecule has 0 fully saturated rings. The highest BCUT2D eigenvalue weighted by atomic mass is 16.3. The molecular weight excluding hydrogens is 188 g/mol. The highest BCUT2D eigenvalue weighted by molar-refractivity contribution is 6.05. The second kappa shape index (κ2) is 4.31. The van der Waals surface area contributed by atoms with Gasteiger partial charge in [0.25, 0.3) is 0 Å². The van der Waals surface area contributed by atoms with Crippen LogP contribution in [0.2, 0.25) is 0 Å². The summed E-state index contributed by atoms with van der Waals surface area (Å²) in [7, 11) is 0. The van der Waals surface area contributed by atoms with Gasteiger partial charge < -0.3 is 5.11 Å². The first kappa shape index (κ1) is 12.2. The van der Waals surface area contributed by atoms with Crippen molar-refractivity contribution in [3.8, 4) is 0 Å². The minimum Gasteiger partial charge on any atom is -0.393 e. The summed E-state index contributed by atoms with van der Waals surface area (Å²) in [5, 5.41) is 9.68. The van der Waals surface area contributed by atoms with Gasteiger partial charge in [0.15, 0.2) is 5.78 Å². The second-order valence-corrected chi connectivity index (χ2v) is 4.97. The number of ketones is 1. The zero-order valence-electron chi connectivity index (χ0n) is 10.0. The molecule has 0 aromatic carbocycles. The maximum absolute atomic E-state index is 11.9. The van der Waals surface area contributed by atoms with Gasteiger partial charge in [0.2, 0.25) is 0 Å². The van der Waals surface area contributed by atoms with Crippen LogP contribution < -0.4 is 0 Å². The number of allylic oxidation sites excluding steroid dienone is 3. The highest BCUT2D eigenvalue weighted by Crippen LogP contribution is 2.40. The largest absolute Gasteiger partial charge is 0.393 e. The van der Waals surface area contributed by atoms with Crippen molar-refractivity contribution in [3.05, 3.63) is 23.3 Å². The highest BCUT2D eigenvalue weighted by Gasteiger charge is 2.35. The van der Waals surface area contributed by atoms with Gasteiger partial charge in [-0.3, -0.25) is 4.79 Å². The molecule has 0 aliphatic heterocycles. The van der Waals surface area contributed by atoms with Gasteiger partial charge in [-0.15, -0.1) is 0 Å². The summed E-state index contributed by atoms with van der Waals surface area (Å²) in [5.74, 6) is 0.0897. The Bertz CT molecular complexity index is 321. The van der Waals surface area contributed by atoms with E-state index in [9.17, 15) is 9.90 Å². The smallest absolute Gasteiger partial charge is 0.181 e. The lowest BCUT2D eigenvalue weighted by molar-refractivity contribution is -0.112. The standard InChI is InChI=1S/C13H20O2/c1-5-6-11(15)12-9(2)7-10(14)8-13(12,3)4/h5-6,10,14H,7-8H2,1-4H3/b6-5+/t10-/m1/s1. The molecule has 0 bridgehead atoms. The lowest BCUT2D eigenvalue weighted by Gasteiger charge is -2.35. The van der Waals surface area contributed by atoms with Gasteiger partial charge in [-0.2, -0.15) is 0 Å². The normalized spacial score (nSPS) is 26.1. The molecule has 0 unspecified atom stereocenters. The molecule has 0 aromatic rings. The van der Waals surface area contributed by atoms with Gasteiger partial charge in [0, 0.05) is 5.57 Å². The fourth-order valence-corrected chi connectivity index (χ4v) is 2.57. The van der Waals surface area contributed by atoms with E-state index in [-0.39, 0.29) is 17.3 Å². The molecule has 2 nitrogen and oxygen atoms in total. The van der Waals surface area contributed by atoms with Crippen LogP contribution in [0.3, 0.4) is 0 Å². The fraction of sp³-hybridized carbons (Fsp3) is 0.615. The van der Waals surface area contributed by atoms with Crippen LogP contribution in [0.4, 0.5) is 0 Å². The third-order valence-corrected chi connectivity index (χ3v) is 2.96. The number of hydrogen-bond acceptors (Lipinski definition) is 2. The van der Waals surface area contributed by atoms with Crippen molar-refractivity contribution in [3.63, 3.8) is 0 Å². The lowest BCUT2D eigenvalue weighted by Crippen LogP contribution is -2.32. The van der Waals surface area contributed by atoms with Crippen LogP contribution in [0.25, 0.3) is 0 Å². The second-order valence-electron chi connectivity index (χ2n) is 4.97. The molecule has 84 valence electrons. The molecular formula is C13H20O2. The average molecular weight is 208 g/mol. The molecule has 1 aliphatic rings. The number of aliphatic hydroxyl groups excluding tert-OH is 1. The van der Waals surface area contributed by atoms with Crippen LogP contribution >= 0.6 is 0 Å². The molecule has 0 heterocycles. The zero-order chi connectivity index (χ0) is 11.6. The molecule has 0 saturated carbocycles. The van der Waals surface area contributed by atoms with E-state index in [2.05, 4.69) is 0 Å². The average Bonchev–Trinajstić information content (AvgIpc) is 1.99. The monoisotopic (exact) mass is 208 g/mol. The number of carbonyl (C=O) groups is 1. The van der Waals surface area contributed by atoms with Crippen molar-refractivity contribution < 1.29 is 9.90 Å². The third kappa shape index (κ3) is 2.57. The van der Waals surface area contributed by atoms with E-state index in [1.54, 1.807) is 12.2 Å². The number of aliphatic hydroxyl groups is 1. The van der Waals surface area contributed by atoms with Crippen molar-refractivity contribution in [2.75, 3.05) is 0 Å². The number of carbonyl (C=O) groups excluding carboxylic acids is 1. The van der Waals surface area contributed by atoms with E-state index in [0.29, 0.717) is 12.8 Å². The Hall–Kier alpha value is -0.890. The minimum atomic E-state index is -0.304. The van der Waals surface area contributed by atoms with E-state index in [4.69, 9.17) is 0 Å². The molecule has 1 aliphatic carbocycles. The van der Waals surface area contributed by atoms with Crippen LogP contribution in [-0.2, 0) is 4.79 Å². The molecule has 15 heavy (non-hydrogen) atoms. The summed E-state index contributed by atoms with van der Waals surface area (Å²) in [6.07, 6.45) is 4.37. The van der Waals surface area contributed by atoms with Gasteiger partial charge in [0.05, 0.1) is 6.10 Å². The Balaban J connectivity index is 3.11. The molecule has 1 rings (SSSR count). The minimum absolute atomic E-state index is 0.0897. The number of hydrogen-bond donors (Lipinski definition) is 1. The number of rotatable bonds is 2. The van der Waals surface area contributed by atoms with Crippen molar-refractivity contribution >= 4 is 5.78 Å². The summed E-state index contributed by atoms with van der Waals surface area (Å²) >= 11 is 0. The molecule has 0 spiro atoms. The first-order chi connectivity index (χ1) is 6.88. The fourth-order valence-electron chi connectivity index (χ4n) is 2.57. The topological polar surface area (TPSA) is 37.3 Å². The van der Waals surface area contributed by atoms with Crippen molar-refractivity contribution in [2.45, 2.75) is 46.6 Å². The van der Waals surface area contributed by atoms with E-state index in [0.717, 1.165) is 11.1 Å². The summed E-state index contributed by atoms with van der Waals surface area (Å²) in [6, 6.07) is 0.